The molecule has 2 aliphatic heterocycles. The van der Waals surface area contributed by atoms with Gasteiger partial charge in [-0.1, -0.05) is 31.2 Å². The van der Waals surface area contributed by atoms with Gasteiger partial charge in [0.2, 0.25) is 0 Å². The van der Waals surface area contributed by atoms with Gasteiger partial charge in [0.25, 0.3) is 0 Å². The second-order valence-electron chi connectivity index (χ2n) is 9.42. The highest BCUT2D eigenvalue weighted by atomic mass is 32.2. The third kappa shape index (κ3) is 4.98. The zero-order valence-electron chi connectivity index (χ0n) is 19.6. The minimum Gasteiger partial charge on any atom is -0.508 e. The van der Waals surface area contributed by atoms with Crippen LogP contribution in [0, 0.1) is 5.92 Å². The van der Waals surface area contributed by atoms with Crippen molar-refractivity contribution in [1.29, 1.82) is 0 Å². The lowest BCUT2D eigenvalue weighted by molar-refractivity contribution is 0.168. The Morgan fingerprint density at radius 2 is 1.82 bits per heavy atom. The first-order chi connectivity index (χ1) is 16.5. The van der Waals surface area contributed by atoms with Crippen molar-refractivity contribution >= 4 is 11.8 Å². The van der Waals surface area contributed by atoms with Gasteiger partial charge in [-0.15, -0.1) is 11.8 Å². The first kappa shape index (κ1) is 22.9. The molecule has 178 valence electrons. The van der Waals surface area contributed by atoms with E-state index in [-0.39, 0.29) is 22.9 Å². The van der Waals surface area contributed by atoms with E-state index < -0.39 is 0 Å². The molecule has 0 saturated carbocycles. The van der Waals surface area contributed by atoms with Crippen molar-refractivity contribution in [3.63, 3.8) is 0 Å². The summed E-state index contributed by atoms with van der Waals surface area (Å²) in [7, 11) is 0. The van der Waals surface area contributed by atoms with E-state index in [2.05, 4.69) is 30.9 Å². The number of nitrogens with zero attached hydrogens (tertiary/aromatic N) is 1. The quantitative estimate of drug-likeness (QED) is 0.442. The van der Waals surface area contributed by atoms with Crippen LogP contribution in [0.15, 0.2) is 71.6 Å². The van der Waals surface area contributed by atoms with Crippen LogP contribution < -0.4 is 9.47 Å². The Morgan fingerprint density at radius 3 is 2.56 bits per heavy atom. The van der Waals surface area contributed by atoms with E-state index in [0.717, 1.165) is 46.5 Å². The Labute approximate surface area is 205 Å². The van der Waals surface area contributed by atoms with Crippen molar-refractivity contribution in [2.24, 2.45) is 5.92 Å². The van der Waals surface area contributed by atoms with Gasteiger partial charge in [0.05, 0.1) is 10.1 Å². The zero-order chi connectivity index (χ0) is 23.7. The van der Waals surface area contributed by atoms with Crippen LogP contribution in [0.4, 0.5) is 0 Å². The number of benzene rings is 3. The van der Waals surface area contributed by atoms with Crippen molar-refractivity contribution in [2.45, 2.75) is 42.6 Å². The molecule has 1 fully saturated rings. The molecule has 2 heterocycles. The molecule has 5 rings (SSSR count). The topological polar surface area (TPSA) is 62.2 Å². The zero-order valence-corrected chi connectivity index (χ0v) is 20.4. The number of hydrogen-bond acceptors (Lipinski definition) is 6. The molecule has 0 aromatic heterocycles. The number of likely N-dealkylation sites (tertiary alicyclic amines) is 1. The Morgan fingerprint density at radius 1 is 1.03 bits per heavy atom. The third-order valence-corrected chi connectivity index (χ3v) is 8.03. The predicted octanol–water partition coefficient (Wildman–Crippen LogP) is 6.17. The SMILES string of the molecule is C[C@H]1CCN([C@H](C)COc2ccc([C@@H]3Oc4ccc(O)cc4S[C@@H]3c3cccc(O)c3)cc2)C1. The fourth-order valence-corrected chi connectivity index (χ4v) is 6.03. The highest BCUT2D eigenvalue weighted by Crippen LogP contribution is 2.54. The molecule has 0 bridgehead atoms. The monoisotopic (exact) mass is 477 g/mol. The van der Waals surface area contributed by atoms with E-state index in [0.29, 0.717) is 12.6 Å². The molecule has 0 amide bonds. The molecular formula is C28H31NO4S. The Bertz CT molecular complexity index is 1140. The van der Waals surface area contributed by atoms with E-state index in [9.17, 15) is 10.2 Å². The van der Waals surface area contributed by atoms with Crippen LogP contribution in [0.2, 0.25) is 0 Å². The van der Waals surface area contributed by atoms with Gasteiger partial charge in [0, 0.05) is 12.6 Å². The summed E-state index contributed by atoms with van der Waals surface area (Å²) in [6.07, 6.45) is 1.02. The van der Waals surface area contributed by atoms with Gasteiger partial charge in [0.15, 0.2) is 0 Å². The highest BCUT2D eigenvalue weighted by molar-refractivity contribution is 7.99. The molecule has 2 aliphatic rings. The van der Waals surface area contributed by atoms with Crippen LogP contribution in [-0.2, 0) is 0 Å². The molecule has 2 N–H and O–H groups in total. The molecule has 0 unspecified atom stereocenters. The summed E-state index contributed by atoms with van der Waals surface area (Å²) in [5.41, 5.74) is 2.01. The first-order valence-corrected chi connectivity index (χ1v) is 12.8. The van der Waals surface area contributed by atoms with Crippen LogP contribution in [0.5, 0.6) is 23.0 Å². The lowest BCUT2D eigenvalue weighted by Gasteiger charge is -2.34. The molecule has 0 radical (unpaired) electrons. The maximum absolute atomic E-state index is 10.1. The second-order valence-corrected chi connectivity index (χ2v) is 10.6. The predicted molar refractivity (Wildman–Crippen MR) is 135 cm³/mol. The van der Waals surface area contributed by atoms with E-state index in [1.807, 2.05) is 24.3 Å². The molecule has 5 nitrogen and oxygen atoms in total. The fraction of sp³-hybridized carbons (Fsp3) is 0.357. The average molecular weight is 478 g/mol. The summed E-state index contributed by atoms with van der Waals surface area (Å²) >= 11 is 1.64. The molecule has 6 heteroatoms. The van der Waals surface area contributed by atoms with E-state index in [1.165, 1.54) is 6.42 Å². The smallest absolute Gasteiger partial charge is 0.140 e. The van der Waals surface area contributed by atoms with E-state index in [4.69, 9.17) is 9.47 Å². The van der Waals surface area contributed by atoms with Crippen molar-refractivity contribution in [3.05, 3.63) is 77.9 Å². The van der Waals surface area contributed by atoms with Gasteiger partial charge in [0.1, 0.15) is 35.7 Å². The van der Waals surface area contributed by atoms with Gasteiger partial charge in [-0.05, 0) is 79.4 Å². The van der Waals surface area contributed by atoms with E-state index in [1.54, 1.807) is 42.1 Å². The molecule has 0 spiro atoms. The Hall–Kier alpha value is -2.83. The second kappa shape index (κ2) is 9.80. The lowest BCUT2D eigenvalue weighted by Crippen LogP contribution is -2.35. The summed E-state index contributed by atoms with van der Waals surface area (Å²) in [5.74, 6) is 2.80. The number of fused-ring (bicyclic) bond motifs is 1. The van der Waals surface area contributed by atoms with Crippen LogP contribution in [0.25, 0.3) is 0 Å². The number of aromatic hydroxyl groups is 2. The molecule has 3 aromatic carbocycles. The fourth-order valence-electron chi connectivity index (χ4n) is 4.72. The number of rotatable bonds is 6. The van der Waals surface area contributed by atoms with Crippen LogP contribution in [0.1, 0.15) is 42.7 Å². The molecule has 1 saturated heterocycles. The van der Waals surface area contributed by atoms with Crippen molar-refractivity contribution in [3.8, 4) is 23.0 Å². The normalized spacial score (nSPS) is 23.2. The Kier molecular flexibility index (Phi) is 6.61. The van der Waals surface area contributed by atoms with Crippen molar-refractivity contribution in [2.75, 3.05) is 19.7 Å². The maximum Gasteiger partial charge on any atom is 0.140 e. The van der Waals surface area contributed by atoms with Crippen LogP contribution >= 0.6 is 11.8 Å². The summed E-state index contributed by atoms with van der Waals surface area (Å²) in [6, 6.07) is 21.0. The number of ether oxygens (including phenoxy) is 2. The molecule has 4 atom stereocenters. The number of phenolic OH excluding ortho intramolecular Hbond substituents is 2. The van der Waals surface area contributed by atoms with Gasteiger partial charge < -0.3 is 19.7 Å². The summed E-state index contributed by atoms with van der Waals surface area (Å²) in [5, 5.41) is 19.9. The van der Waals surface area contributed by atoms with Crippen LogP contribution in [-0.4, -0.2) is 40.9 Å². The lowest BCUT2D eigenvalue weighted by atomic mass is 10.00. The number of thioether (sulfide) groups is 1. The minimum atomic E-state index is -0.247. The standard InChI is InChI=1S/C28H31NO4S/c1-18-12-13-29(16-18)19(2)17-32-24-9-6-20(7-10-24)27-28(21-4-3-5-22(30)14-21)34-26-15-23(31)8-11-25(26)33-27/h3-11,14-15,18-19,27-28,30-31H,12-13,16-17H2,1-2H3/t18-,19+,27-,28+/m0/s1. The molecule has 3 aromatic rings. The molecular weight excluding hydrogens is 446 g/mol. The third-order valence-electron chi connectivity index (χ3n) is 6.69. The summed E-state index contributed by atoms with van der Waals surface area (Å²) in [4.78, 5) is 3.39. The largest absolute Gasteiger partial charge is 0.508 e. The first-order valence-electron chi connectivity index (χ1n) is 11.9. The van der Waals surface area contributed by atoms with Crippen molar-refractivity contribution in [1.82, 2.24) is 4.90 Å². The van der Waals surface area contributed by atoms with E-state index >= 15 is 0 Å². The summed E-state index contributed by atoms with van der Waals surface area (Å²) < 4.78 is 12.5. The molecule has 34 heavy (non-hydrogen) atoms. The van der Waals surface area contributed by atoms with Gasteiger partial charge in [-0.2, -0.15) is 0 Å². The average Bonchev–Trinajstić information content (AvgIpc) is 3.28. The van der Waals surface area contributed by atoms with Gasteiger partial charge in [-0.3, -0.25) is 4.90 Å². The minimum absolute atomic E-state index is 0.0784. The number of hydrogen-bond donors (Lipinski definition) is 2. The van der Waals surface area contributed by atoms with Gasteiger partial charge in [-0.25, -0.2) is 0 Å². The van der Waals surface area contributed by atoms with Gasteiger partial charge >= 0.3 is 0 Å². The molecule has 0 aliphatic carbocycles. The van der Waals surface area contributed by atoms with Crippen LogP contribution in [0.3, 0.4) is 0 Å². The number of phenols is 2. The maximum atomic E-state index is 10.1. The highest BCUT2D eigenvalue weighted by Gasteiger charge is 2.34. The summed E-state index contributed by atoms with van der Waals surface area (Å²) in [6.45, 7) is 7.51. The van der Waals surface area contributed by atoms with Crippen molar-refractivity contribution < 1.29 is 19.7 Å². The Balaban J connectivity index is 1.34.